The first-order valence-corrected chi connectivity index (χ1v) is 8.95. The van der Waals surface area contributed by atoms with E-state index in [1.54, 1.807) is 12.1 Å². The molecule has 3 rings (SSSR count). The molecule has 0 aliphatic rings. The van der Waals surface area contributed by atoms with Crippen LogP contribution in [0.25, 0.3) is 11.0 Å². The van der Waals surface area contributed by atoms with Crippen molar-refractivity contribution in [1.82, 2.24) is 9.97 Å². The Morgan fingerprint density at radius 2 is 1.77 bits per heavy atom. The van der Waals surface area contributed by atoms with E-state index in [4.69, 9.17) is 34.8 Å². The lowest BCUT2D eigenvalue weighted by Gasteiger charge is -2.08. The summed E-state index contributed by atoms with van der Waals surface area (Å²) in [6, 6.07) is 7.72. The van der Waals surface area contributed by atoms with Gasteiger partial charge < -0.3 is 4.98 Å². The average Bonchev–Trinajstić information content (AvgIpc) is 2.88. The smallest absolute Gasteiger partial charge is 0.184 e. The molecular weight excluding hydrogens is 367 g/mol. The number of fused-ring (bicyclic) bond motifs is 1. The molecule has 0 saturated heterocycles. The summed E-state index contributed by atoms with van der Waals surface area (Å²) in [6.07, 6.45) is 1.48. The molecule has 1 heterocycles. The van der Waals surface area contributed by atoms with Gasteiger partial charge in [-0.2, -0.15) is 0 Å². The van der Waals surface area contributed by atoms with E-state index >= 15 is 0 Å². The van der Waals surface area contributed by atoms with Gasteiger partial charge in [0, 0.05) is 0 Å². The standard InChI is InChI=1S/C14H9Cl3N2O2S/c15-9-2-1-8(3-10(9)16)6-22(20,21)14-5-13-12(4-11(14)17)18-7-19-13/h1-5,7H,6H2,(H,18,19). The van der Waals surface area contributed by atoms with E-state index in [9.17, 15) is 8.42 Å². The minimum atomic E-state index is -3.62. The summed E-state index contributed by atoms with van der Waals surface area (Å²) in [6.45, 7) is 0. The van der Waals surface area contributed by atoms with Crippen LogP contribution in [0.2, 0.25) is 15.1 Å². The van der Waals surface area contributed by atoms with Crippen molar-refractivity contribution < 1.29 is 8.42 Å². The summed E-state index contributed by atoms with van der Waals surface area (Å²) in [5.74, 6) is -0.219. The Hall–Kier alpha value is -1.27. The number of aromatic nitrogens is 2. The Kier molecular flexibility index (Phi) is 4.07. The number of imidazole rings is 1. The molecule has 4 nitrogen and oxygen atoms in total. The molecule has 2 aromatic carbocycles. The fraction of sp³-hybridized carbons (Fsp3) is 0.0714. The van der Waals surface area contributed by atoms with Crippen molar-refractivity contribution >= 4 is 55.7 Å². The maximum atomic E-state index is 12.6. The number of sulfone groups is 1. The van der Waals surface area contributed by atoms with E-state index in [0.717, 1.165) is 0 Å². The normalized spacial score (nSPS) is 12.0. The number of hydrogen-bond donors (Lipinski definition) is 1. The van der Waals surface area contributed by atoms with Crippen molar-refractivity contribution in [3.05, 3.63) is 57.3 Å². The third-order valence-electron chi connectivity index (χ3n) is 3.15. The topological polar surface area (TPSA) is 62.8 Å². The minimum absolute atomic E-state index is 0.0528. The summed E-state index contributed by atoms with van der Waals surface area (Å²) in [4.78, 5) is 6.96. The van der Waals surface area contributed by atoms with Gasteiger partial charge in [0.15, 0.2) is 9.84 Å². The highest BCUT2D eigenvalue weighted by molar-refractivity contribution is 7.90. The Morgan fingerprint density at radius 3 is 2.50 bits per heavy atom. The van der Waals surface area contributed by atoms with Crippen molar-refractivity contribution in [1.29, 1.82) is 0 Å². The second-order valence-electron chi connectivity index (χ2n) is 4.71. The predicted molar refractivity (Wildman–Crippen MR) is 88.5 cm³/mol. The fourth-order valence-corrected chi connectivity index (χ4v) is 4.36. The molecular formula is C14H9Cl3N2O2S. The molecule has 1 N–H and O–H groups in total. The molecule has 0 fully saturated rings. The third-order valence-corrected chi connectivity index (χ3v) is 6.03. The molecule has 1 aromatic heterocycles. The first-order chi connectivity index (χ1) is 10.4. The molecule has 0 saturated carbocycles. The Morgan fingerprint density at radius 1 is 1.00 bits per heavy atom. The largest absolute Gasteiger partial charge is 0.345 e. The Labute approximate surface area is 141 Å². The van der Waals surface area contributed by atoms with Crippen LogP contribution in [0.15, 0.2) is 41.6 Å². The van der Waals surface area contributed by atoms with Crippen LogP contribution in [0.4, 0.5) is 0 Å². The molecule has 114 valence electrons. The van der Waals surface area contributed by atoms with E-state index in [-0.39, 0.29) is 15.7 Å². The maximum Gasteiger partial charge on any atom is 0.184 e. The van der Waals surface area contributed by atoms with Crippen LogP contribution in [0.5, 0.6) is 0 Å². The molecule has 0 atom stereocenters. The summed E-state index contributed by atoms with van der Waals surface area (Å²) >= 11 is 17.8. The monoisotopic (exact) mass is 374 g/mol. The minimum Gasteiger partial charge on any atom is -0.345 e. The lowest BCUT2D eigenvalue weighted by molar-refractivity contribution is 0.595. The second kappa shape index (κ2) is 5.74. The molecule has 0 aliphatic carbocycles. The van der Waals surface area contributed by atoms with E-state index in [2.05, 4.69) is 9.97 Å². The van der Waals surface area contributed by atoms with E-state index < -0.39 is 9.84 Å². The van der Waals surface area contributed by atoms with Crippen molar-refractivity contribution in [3.8, 4) is 0 Å². The number of halogens is 3. The van der Waals surface area contributed by atoms with E-state index in [1.807, 2.05) is 0 Å². The van der Waals surface area contributed by atoms with E-state index in [0.29, 0.717) is 26.6 Å². The molecule has 0 bridgehead atoms. The van der Waals surface area contributed by atoms with Gasteiger partial charge in [-0.3, -0.25) is 0 Å². The second-order valence-corrected chi connectivity index (χ2v) is 7.89. The highest BCUT2D eigenvalue weighted by Gasteiger charge is 2.20. The Bertz CT molecular complexity index is 967. The highest BCUT2D eigenvalue weighted by atomic mass is 35.5. The lowest BCUT2D eigenvalue weighted by atomic mass is 10.2. The van der Waals surface area contributed by atoms with Crippen LogP contribution in [0.1, 0.15) is 5.56 Å². The molecule has 0 aliphatic heterocycles. The van der Waals surface area contributed by atoms with Gasteiger partial charge in [0.1, 0.15) is 0 Å². The molecule has 0 amide bonds. The number of benzene rings is 2. The van der Waals surface area contributed by atoms with Gasteiger partial charge in [-0.1, -0.05) is 40.9 Å². The maximum absolute atomic E-state index is 12.6. The SMILES string of the molecule is O=S(=O)(Cc1ccc(Cl)c(Cl)c1)c1cc2[nH]cnc2cc1Cl. The zero-order valence-electron chi connectivity index (χ0n) is 11.0. The van der Waals surface area contributed by atoms with Crippen LogP contribution in [0.3, 0.4) is 0 Å². The molecule has 0 spiro atoms. The molecule has 0 radical (unpaired) electrons. The van der Waals surface area contributed by atoms with Gasteiger partial charge in [0.25, 0.3) is 0 Å². The van der Waals surface area contributed by atoms with Gasteiger partial charge in [0.2, 0.25) is 0 Å². The lowest BCUT2D eigenvalue weighted by Crippen LogP contribution is -2.06. The van der Waals surface area contributed by atoms with Gasteiger partial charge >= 0.3 is 0 Å². The summed E-state index contributed by atoms with van der Waals surface area (Å²) in [5.41, 5.74) is 1.76. The van der Waals surface area contributed by atoms with Gasteiger partial charge in [0.05, 0.1) is 43.1 Å². The Balaban J connectivity index is 2.03. The first-order valence-electron chi connectivity index (χ1n) is 6.16. The number of rotatable bonds is 3. The third kappa shape index (κ3) is 2.94. The van der Waals surface area contributed by atoms with Crippen molar-refractivity contribution in [2.45, 2.75) is 10.6 Å². The van der Waals surface area contributed by atoms with Crippen LogP contribution >= 0.6 is 34.8 Å². The summed E-state index contributed by atoms with van der Waals surface area (Å²) in [5, 5.41) is 0.823. The average molecular weight is 376 g/mol. The van der Waals surface area contributed by atoms with Crippen molar-refractivity contribution in [3.63, 3.8) is 0 Å². The van der Waals surface area contributed by atoms with Crippen LogP contribution < -0.4 is 0 Å². The fourth-order valence-electron chi connectivity index (χ4n) is 2.10. The zero-order chi connectivity index (χ0) is 15.9. The van der Waals surface area contributed by atoms with Crippen LogP contribution in [-0.4, -0.2) is 18.4 Å². The van der Waals surface area contributed by atoms with Crippen LogP contribution in [-0.2, 0) is 15.6 Å². The van der Waals surface area contributed by atoms with E-state index in [1.165, 1.54) is 24.5 Å². The predicted octanol–water partition coefficient (Wildman–Crippen LogP) is 4.50. The quantitative estimate of drug-likeness (QED) is 0.733. The van der Waals surface area contributed by atoms with Gasteiger partial charge in [-0.15, -0.1) is 0 Å². The molecule has 22 heavy (non-hydrogen) atoms. The van der Waals surface area contributed by atoms with Gasteiger partial charge in [-0.05, 0) is 29.8 Å². The summed E-state index contributed by atoms with van der Waals surface area (Å²) < 4.78 is 25.2. The number of nitrogens with zero attached hydrogens (tertiary/aromatic N) is 1. The summed E-state index contributed by atoms with van der Waals surface area (Å²) in [7, 11) is -3.62. The van der Waals surface area contributed by atoms with Crippen molar-refractivity contribution in [2.75, 3.05) is 0 Å². The van der Waals surface area contributed by atoms with Crippen molar-refractivity contribution in [2.24, 2.45) is 0 Å². The highest BCUT2D eigenvalue weighted by Crippen LogP contribution is 2.30. The number of aromatic amines is 1. The number of nitrogens with one attached hydrogen (secondary N) is 1. The number of H-pyrrole nitrogens is 1. The number of hydrogen-bond acceptors (Lipinski definition) is 3. The molecule has 3 aromatic rings. The van der Waals surface area contributed by atoms with Gasteiger partial charge in [-0.25, -0.2) is 13.4 Å². The molecule has 0 unspecified atom stereocenters. The van der Waals surface area contributed by atoms with Crippen LogP contribution in [0, 0.1) is 0 Å². The molecule has 8 heteroatoms. The zero-order valence-corrected chi connectivity index (χ0v) is 14.1. The first kappa shape index (κ1) is 15.6.